The van der Waals surface area contributed by atoms with Crippen LogP contribution in [0.5, 0.6) is 0 Å². The van der Waals surface area contributed by atoms with E-state index in [1.165, 1.54) is 148 Å². The van der Waals surface area contributed by atoms with E-state index in [1.54, 1.807) is 0 Å². The van der Waals surface area contributed by atoms with Crippen LogP contribution in [0.2, 0.25) is 0 Å². The molecule has 0 saturated carbocycles. The molecule has 0 aromatic rings. The summed E-state index contributed by atoms with van der Waals surface area (Å²) in [6.07, 6.45) is 48.1. The lowest BCUT2D eigenvalue weighted by atomic mass is 10.0. The molecule has 0 aliphatic rings. The van der Waals surface area contributed by atoms with Crippen LogP contribution >= 0.6 is 0 Å². The van der Waals surface area contributed by atoms with Crippen molar-refractivity contribution in [2.75, 3.05) is 47.5 Å². The number of unbranched alkanes of at least 4 members (excludes halogenated alkanes) is 29. The Morgan fingerprint density at radius 2 is 0.871 bits per heavy atom. The molecular weight excluding hydrogens is 779 g/mol. The third kappa shape index (κ3) is 45.8. The van der Waals surface area contributed by atoms with Gasteiger partial charge < -0.3 is 28.5 Å². The van der Waals surface area contributed by atoms with Crippen molar-refractivity contribution in [1.82, 2.24) is 0 Å². The van der Waals surface area contributed by atoms with Crippen molar-refractivity contribution in [2.45, 2.75) is 251 Å². The Labute approximate surface area is 382 Å². The van der Waals surface area contributed by atoms with Crippen LogP contribution in [0.25, 0.3) is 0 Å². The number of hydrogen-bond donors (Lipinski definition) is 1. The molecule has 62 heavy (non-hydrogen) atoms. The van der Waals surface area contributed by atoms with Gasteiger partial charge in [-0.25, -0.2) is 4.79 Å². The van der Waals surface area contributed by atoms with E-state index in [-0.39, 0.29) is 32.2 Å². The SMILES string of the molecule is CCCCCC/C=C\C/C=C\CCCCCCCC(=O)OC(COC(=O)CCCCCCCCCCCCCCCCCCCCCCC)COC(OCC[N+](C)(C)C)C(=O)O. The summed E-state index contributed by atoms with van der Waals surface area (Å²) in [6.45, 7) is 4.87. The van der Waals surface area contributed by atoms with Crippen LogP contribution < -0.4 is 0 Å². The predicted molar refractivity (Wildman–Crippen MR) is 258 cm³/mol. The monoisotopic (exact) mass is 879 g/mol. The van der Waals surface area contributed by atoms with E-state index in [0.717, 1.165) is 57.8 Å². The van der Waals surface area contributed by atoms with Gasteiger partial charge in [0.05, 0.1) is 34.4 Å². The number of esters is 2. The summed E-state index contributed by atoms with van der Waals surface area (Å²) in [7, 11) is 5.96. The molecule has 0 radical (unpaired) electrons. The summed E-state index contributed by atoms with van der Waals surface area (Å²) in [5.41, 5.74) is 0. The van der Waals surface area contributed by atoms with Gasteiger partial charge in [0.1, 0.15) is 13.2 Å². The van der Waals surface area contributed by atoms with Crippen molar-refractivity contribution in [3.8, 4) is 0 Å². The van der Waals surface area contributed by atoms with Crippen LogP contribution in [0.4, 0.5) is 0 Å². The lowest BCUT2D eigenvalue weighted by molar-refractivity contribution is -0.870. The number of carbonyl (C=O) groups is 3. The summed E-state index contributed by atoms with van der Waals surface area (Å²) < 4.78 is 22.8. The molecule has 0 rings (SSSR count). The number of quaternary nitrogens is 1. The number of rotatable bonds is 48. The lowest BCUT2D eigenvalue weighted by Crippen LogP contribution is -2.40. The minimum atomic E-state index is -1.51. The van der Waals surface area contributed by atoms with Crippen LogP contribution in [-0.4, -0.2) is 87.4 Å². The van der Waals surface area contributed by atoms with E-state index >= 15 is 0 Å². The average Bonchev–Trinajstić information content (AvgIpc) is 3.23. The zero-order valence-corrected chi connectivity index (χ0v) is 41.3. The van der Waals surface area contributed by atoms with Crippen molar-refractivity contribution in [3.05, 3.63) is 24.3 Å². The van der Waals surface area contributed by atoms with Gasteiger partial charge >= 0.3 is 17.9 Å². The molecule has 9 nitrogen and oxygen atoms in total. The Hall–Kier alpha value is -2.23. The lowest BCUT2D eigenvalue weighted by Gasteiger charge is -2.25. The summed E-state index contributed by atoms with van der Waals surface area (Å²) >= 11 is 0. The summed E-state index contributed by atoms with van der Waals surface area (Å²) in [5.74, 6) is -2.01. The maximum atomic E-state index is 12.8. The maximum Gasteiger partial charge on any atom is 0.361 e. The van der Waals surface area contributed by atoms with E-state index in [2.05, 4.69) is 38.2 Å². The first-order valence-corrected chi connectivity index (χ1v) is 26.0. The van der Waals surface area contributed by atoms with Gasteiger partial charge in [-0.1, -0.05) is 205 Å². The molecule has 2 atom stereocenters. The largest absolute Gasteiger partial charge is 0.477 e. The number of ether oxygens (including phenoxy) is 4. The number of carboxylic acids is 1. The molecule has 0 aromatic heterocycles. The minimum Gasteiger partial charge on any atom is -0.477 e. The first-order chi connectivity index (χ1) is 30.1. The Morgan fingerprint density at radius 3 is 1.29 bits per heavy atom. The summed E-state index contributed by atoms with van der Waals surface area (Å²) in [6, 6.07) is 0. The third-order valence-corrected chi connectivity index (χ3v) is 11.5. The highest BCUT2D eigenvalue weighted by Gasteiger charge is 2.25. The van der Waals surface area contributed by atoms with Gasteiger partial charge in [-0.2, -0.15) is 0 Å². The quantitative estimate of drug-likeness (QED) is 0.0212. The molecule has 0 saturated heterocycles. The molecular formula is C53H100NO8+. The van der Waals surface area contributed by atoms with Crippen molar-refractivity contribution in [1.29, 1.82) is 0 Å². The van der Waals surface area contributed by atoms with Crippen LogP contribution in [0.3, 0.4) is 0 Å². The zero-order valence-electron chi connectivity index (χ0n) is 41.3. The fraction of sp³-hybridized carbons (Fsp3) is 0.868. The Bertz CT molecular complexity index is 1070. The molecule has 0 heterocycles. The Kier molecular flexibility index (Phi) is 43.7. The number of likely N-dealkylation sites (N-methyl/N-ethyl adjacent to an activating group) is 1. The maximum absolute atomic E-state index is 12.8. The van der Waals surface area contributed by atoms with Gasteiger partial charge in [-0.3, -0.25) is 9.59 Å². The fourth-order valence-electron chi connectivity index (χ4n) is 7.40. The predicted octanol–water partition coefficient (Wildman–Crippen LogP) is 14.4. The molecule has 0 aliphatic heterocycles. The molecule has 364 valence electrons. The van der Waals surface area contributed by atoms with Crippen LogP contribution in [0.15, 0.2) is 24.3 Å². The highest BCUT2D eigenvalue weighted by Crippen LogP contribution is 2.16. The van der Waals surface area contributed by atoms with Gasteiger partial charge in [0.2, 0.25) is 0 Å². The van der Waals surface area contributed by atoms with Crippen LogP contribution in [0, 0.1) is 0 Å². The summed E-state index contributed by atoms with van der Waals surface area (Å²) in [4.78, 5) is 37.3. The normalized spacial score (nSPS) is 13.0. The Balaban J connectivity index is 4.30. The first kappa shape index (κ1) is 59.8. The van der Waals surface area contributed by atoms with Crippen LogP contribution in [-0.2, 0) is 33.3 Å². The second-order valence-corrected chi connectivity index (χ2v) is 18.8. The first-order valence-electron chi connectivity index (χ1n) is 26.0. The van der Waals surface area contributed by atoms with Gasteiger partial charge in [0, 0.05) is 12.8 Å². The fourth-order valence-corrected chi connectivity index (χ4v) is 7.40. The molecule has 9 heteroatoms. The Morgan fingerprint density at radius 1 is 0.484 bits per heavy atom. The number of allylic oxidation sites excluding steroid dienone is 4. The minimum absolute atomic E-state index is 0.183. The van der Waals surface area contributed by atoms with Crippen molar-refractivity contribution in [3.63, 3.8) is 0 Å². The van der Waals surface area contributed by atoms with Gasteiger partial charge in [-0.15, -0.1) is 0 Å². The number of nitrogens with zero attached hydrogens (tertiary/aromatic N) is 1. The summed E-state index contributed by atoms with van der Waals surface area (Å²) in [5, 5.41) is 9.66. The van der Waals surface area contributed by atoms with Gasteiger partial charge in [0.15, 0.2) is 6.10 Å². The third-order valence-electron chi connectivity index (χ3n) is 11.5. The molecule has 0 fully saturated rings. The molecule has 0 amide bonds. The second kappa shape index (κ2) is 45.3. The molecule has 0 bridgehead atoms. The highest BCUT2D eigenvalue weighted by atomic mass is 16.7. The molecule has 0 aliphatic carbocycles. The van der Waals surface area contributed by atoms with E-state index in [9.17, 15) is 19.5 Å². The van der Waals surface area contributed by atoms with E-state index < -0.39 is 24.3 Å². The molecule has 0 spiro atoms. The smallest absolute Gasteiger partial charge is 0.361 e. The number of aliphatic carboxylic acids is 1. The van der Waals surface area contributed by atoms with Gasteiger partial charge in [0.25, 0.3) is 6.29 Å². The highest BCUT2D eigenvalue weighted by molar-refractivity contribution is 5.71. The van der Waals surface area contributed by atoms with Crippen molar-refractivity contribution in [2.24, 2.45) is 0 Å². The molecule has 1 N–H and O–H groups in total. The van der Waals surface area contributed by atoms with Crippen molar-refractivity contribution < 1.29 is 42.9 Å². The van der Waals surface area contributed by atoms with Crippen LogP contribution in [0.1, 0.15) is 239 Å². The number of carbonyl (C=O) groups excluding carboxylic acids is 2. The average molecular weight is 879 g/mol. The van der Waals surface area contributed by atoms with Crippen molar-refractivity contribution >= 4 is 17.9 Å². The second-order valence-electron chi connectivity index (χ2n) is 18.8. The number of carboxylic acid groups (broad SMARTS) is 1. The zero-order chi connectivity index (χ0) is 45.6. The molecule has 2 unspecified atom stereocenters. The topological polar surface area (TPSA) is 108 Å². The van der Waals surface area contributed by atoms with E-state index in [4.69, 9.17) is 18.9 Å². The van der Waals surface area contributed by atoms with E-state index in [0.29, 0.717) is 23.9 Å². The standard InChI is InChI=1S/C53H99NO8/c1-6-8-10-12-14-16-18-20-22-24-25-26-27-28-30-31-33-35-37-39-41-43-50(55)60-47-49(48-61-53(52(57)58)59-46-45-54(3,4)5)62-51(56)44-42-40-38-36-34-32-29-23-21-19-17-15-13-11-9-7-2/h17,19,23,29,49,53H,6-16,18,20-22,24-28,30-48H2,1-5H3/p+1/b19-17-,29-23-. The van der Waals surface area contributed by atoms with Gasteiger partial charge in [-0.05, 0) is 44.9 Å². The molecule has 0 aromatic carbocycles. The van der Waals surface area contributed by atoms with E-state index in [1.807, 2.05) is 21.1 Å². The number of hydrogen-bond acceptors (Lipinski definition) is 7.